The highest BCUT2D eigenvalue weighted by Crippen LogP contribution is 2.67. The van der Waals surface area contributed by atoms with Crippen molar-refractivity contribution < 1.29 is 72.4 Å². The average molecular weight is 879 g/mol. The number of hydrogen-bond donors (Lipinski definition) is 3. The molecule has 6 rings (SSSR count). The number of aliphatic hydroxyl groups excluding tert-OH is 3. The number of allylic oxidation sites excluding steroid dienone is 1. The molecular weight excluding hydrogens is 805 g/mol. The standard InChI is InChI=1S/C47H74O15/c1-24(2)11-10-12-25(3)33-15-16-34-32-14-13-30-21-31(17-19-46(30,8)35(32)18-20-47(33,34)9)59-44-41(39(54)38(53)36(22-48)60-44)62-45-43(58-29(7)52)42(57-28(6)51)40(56-27(5)50)37(61-45)23-55-26(4)49/h13,24-25,31-45,48,53-54H,10-12,14-23H2,1-9H3/t25-,31+,32+,33-,34+,35+,36-,37-,38-,39+,40+,41-,42+,43-,44-,45+,46+,47-/m1/s1. The first-order chi connectivity index (χ1) is 29.3. The second kappa shape index (κ2) is 20.2. The molecule has 18 atom stereocenters. The highest BCUT2D eigenvalue weighted by atomic mass is 16.8. The van der Waals surface area contributed by atoms with Crippen LogP contribution in [0.4, 0.5) is 0 Å². The van der Waals surface area contributed by atoms with Crippen LogP contribution < -0.4 is 0 Å². The first-order valence-corrected chi connectivity index (χ1v) is 23.2. The lowest BCUT2D eigenvalue weighted by Crippen LogP contribution is -2.66. The van der Waals surface area contributed by atoms with Gasteiger partial charge in [-0.3, -0.25) is 19.2 Å². The minimum atomic E-state index is -1.70. The van der Waals surface area contributed by atoms with Crippen molar-refractivity contribution in [2.24, 2.45) is 46.3 Å². The first-order valence-electron chi connectivity index (χ1n) is 23.2. The van der Waals surface area contributed by atoms with Crippen LogP contribution in [0.15, 0.2) is 11.6 Å². The summed E-state index contributed by atoms with van der Waals surface area (Å²) in [6.07, 6.45) is -0.467. The van der Waals surface area contributed by atoms with E-state index in [1.165, 1.54) is 57.4 Å². The lowest BCUT2D eigenvalue weighted by atomic mass is 9.47. The molecule has 6 aliphatic rings. The molecule has 0 aromatic heterocycles. The molecule has 3 saturated carbocycles. The van der Waals surface area contributed by atoms with Crippen molar-refractivity contribution in [3.05, 3.63) is 11.6 Å². The Kier molecular flexibility index (Phi) is 15.9. The third-order valence-corrected chi connectivity index (χ3v) is 15.7. The van der Waals surface area contributed by atoms with E-state index in [4.69, 9.17) is 37.9 Å². The Labute approximate surface area is 367 Å². The van der Waals surface area contributed by atoms with Crippen LogP contribution in [0.25, 0.3) is 0 Å². The Balaban J connectivity index is 1.21. The van der Waals surface area contributed by atoms with Crippen molar-refractivity contribution in [1.29, 1.82) is 0 Å². The molecule has 0 bridgehead atoms. The number of carbonyl (C=O) groups is 4. The number of rotatable bonds is 15. The highest BCUT2D eigenvalue weighted by Gasteiger charge is 2.60. The predicted molar refractivity (Wildman–Crippen MR) is 223 cm³/mol. The maximum Gasteiger partial charge on any atom is 0.303 e. The van der Waals surface area contributed by atoms with E-state index in [0.29, 0.717) is 30.1 Å². The van der Waals surface area contributed by atoms with E-state index in [1.54, 1.807) is 0 Å². The van der Waals surface area contributed by atoms with E-state index in [2.05, 4.69) is 40.7 Å². The molecule has 2 heterocycles. The van der Waals surface area contributed by atoms with E-state index < -0.39 is 98.5 Å². The molecule has 15 heteroatoms. The van der Waals surface area contributed by atoms with E-state index in [9.17, 15) is 34.5 Å². The van der Waals surface area contributed by atoms with Crippen LogP contribution in [0.3, 0.4) is 0 Å². The zero-order valence-corrected chi connectivity index (χ0v) is 38.3. The topological polar surface area (TPSA) is 203 Å². The van der Waals surface area contributed by atoms with E-state index in [0.717, 1.165) is 57.3 Å². The van der Waals surface area contributed by atoms with E-state index in [1.807, 2.05) is 0 Å². The lowest BCUT2D eigenvalue weighted by Gasteiger charge is -2.58. The minimum Gasteiger partial charge on any atom is -0.463 e. The van der Waals surface area contributed by atoms with Crippen molar-refractivity contribution >= 4 is 23.9 Å². The Hall–Kier alpha value is -2.66. The first kappa shape index (κ1) is 48.8. The molecular formula is C47H74O15. The van der Waals surface area contributed by atoms with Crippen molar-refractivity contribution in [2.45, 2.75) is 200 Å². The molecule has 0 aromatic rings. The molecule has 352 valence electrons. The van der Waals surface area contributed by atoms with Gasteiger partial charge in [-0.25, -0.2) is 0 Å². The largest absolute Gasteiger partial charge is 0.463 e. The quantitative estimate of drug-likeness (QED) is 0.108. The van der Waals surface area contributed by atoms with Gasteiger partial charge < -0.3 is 53.2 Å². The van der Waals surface area contributed by atoms with Gasteiger partial charge in [-0.15, -0.1) is 0 Å². The Morgan fingerprint density at radius 2 is 1.39 bits per heavy atom. The number of aliphatic hydroxyl groups is 3. The summed E-state index contributed by atoms with van der Waals surface area (Å²) in [5, 5.41) is 32.8. The number of fused-ring (bicyclic) bond motifs is 5. The Bertz CT molecular complexity index is 1620. The summed E-state index contributed by atoms with van der Waals surface area (Å²) in [6, 6.07) is 0. The number of esters is 4. The lowest BCUT2D eigenvalue weighted by molar-refractivity contribution is -0.372. The Morgan fingerprint density at radius 3 is 2.03 bits per heavy atom. The molecule has 2 aliphatic heterocycles. The predicted octanol–water partition coefficient (Wildman–Crippen LogP) is 5.32. The fourth-order valence-corrected chi connectivity index (χ4v) is 12.7. The molecule has 0 spiro atoms. The molecule has 0 unspecified atom stereocenters. The second-order valence-electron chi connectivity index (χ2n) is 20.2. The normalized spacial score (nSPS) is 42.1. The summed E-state index contributed by atoms with van der Waals surface area (Å²) >= 11 is 0. The molecule has 0 aromatic carbocycles. The fraction of sp³-hybridized carbons (Fsp3) is 0.872. The van der Waals surface area contributed by atoms with Gasteiger partial charge in [0.1, 0.15) is 37.1 Å². The van der Waals surface area contributed by atoms with Crippen LogP contribution in [-0.2, 0) is 57.1 Å². The average Bonchev–Trinajstić information content (AvgIpc) is 3.55. The van der Waals surface area contributed by atoms with Crippen molar-refractivity contribution in [3.8, 4) is 0 Å². The van der Waals surface area contributed by atoms with E-state index in [-0.39, 0.29) is 11.5 Å². The van der Waals surface area contributed by atoms with Gasteiger partial charge in [-0.2, -0.15) is 0 Å². The molecule has 5 fully saturated rings. The summed E-state index contributed by atoms with van der Waals surface area (Å²) in [5.41, 5.74) is 1.76. The van der Waals surface area contributed by atoms with Gasteiger partial charge in [0.25, 0.3) is 0 Å². The zero-order valence-electron chi connectivity index (χ0n) is 38.3. The SMILES string of the molecule is CC(=O)OC[C@H]1O[C@@H](O[C@H]2[C@H](O[C@H]3CC[C@@]4(C)C(=CC[C@H]5[C@@H]6CC[C@H]([C@H](C)CCCC(C)C)[C@@]6(C)CC[C@@H]54)C3)O[C@H](CO)[C@@H](O)[C@@H]2O)[C@H](OC(C)=O)[C@@H](OC(C)=O)[C@H]1OC(C)=O. The molecule has 62 heavy (non-hydrogen) atoms. The Morgan fingerprint density at radius 1 is 0.742 bits per heavy atom. The summed E-state index contributed by atoms with van der Waals surface area (Å²) in [4.78, 5) is 49.1. The van der Waals surface area contributed by atoms with Crippen LogP contribution in [0, 0.1) is 46.3 Å². The van der Waals surface area contributed by atoms with Crippen molar-refractivity contribution in [3.63, 3.8) is 0 Å². The summed E-state index contributed by atoms with van der Waals surface area (Å²) in [6.45, 7) is 15.6. The van der Waals surface area contributed by atoms with E-state index >= 15 is 0 Å². The van der Waals surface area contributed by atoms with Crippen LogP contribution in [0.1, 0.15) is 133 Å². The summed E-state index contributed by atoms with van der Waals surface area (Å²) in [5.74, 6) is 1.10. The third kappa shape index (κ3) is 10.4. The van der Waals surface area contributed by atoms with Gasteiger partial charge in [-0.1, -0.05) is 65.5 Å². The summed E-state index contributed by atoms with van der Waals surface area (Å²) in [7, 11) is 0. The maximum absolute atomic E-state index is 12.5. The van der Waals surface area contributed by atoms with Gasteiger partial charge in [0.15, 0.2) is 30.9 Å². The van der Waals surface area contributed by atoms with Gasteiger partial charge >= 0.3 is 23.9 Å². The number of hydrogen-bond acceptors (Lipinski definition) is 15. The summed E-state index contributed by atoms with van der Waals surface area (Å²) < 4.78 is 47.1. The maximum atomic E-state index is 12.5. The number of carbonyl (C=O) groups excluding carboxylic acids is 4. The second-order valence-corrected chi connectivity index (χ2v) is 20.2. The highest BCUT2D eigenvalue weighted by molar-refractivity contribution is 5.68. The van der Waals surface area contributed by atoms with Gasteiger partial charge in [-0.05, 0) is 97.7 Å². The minimum absolute atomic E-state index is 0.0199. The van der Waals surface area contributed by atoms with Crippen molar-refractivity contribution in [1.82, 2.24) is 0 Å². The molecule has 0 amide bonds. The monoisotopic (exact) mass is 879 g/mol. The third-order valence-electron chi connectivity index (χ3n) is 15.7. The van der Waals surface area contributed by atoms with Crippen LogP contribution >= 0.6 is 0 Å². The molecule has 2 saturated heterocycles. The van der Waals surface area contributed by atoms with Crippen LogP contribution in [-0.4, -0.2) is 120 Å². The smallest absolute Gasteiger partial charge is 0.303 e. The van der Waals surface area contributed by atoms with Gasteiger partial charge in [0.05, 0.1) is 12.7 Å². The van der Waals surface area contributed by atoms with Crippen molar-refractivity contribution in [2.75, 3.05) is 13.2 Å². The molecule has 15 nitrogen and oxygen atoms in total. The van der Waals surface area contributed by atoms with Crippen LogP contribution in [0.2, 0.25) is 0 Å². The molecule has 0 radical (unpaired) electrons. The molecule has 4 aliphatic carbocycles. The zero-order chi connectivity index (χ0) is 45.3. The van der Waals surface area contributed by atoms with Gasteiger partial charge in [0.2, 0.25) is 0 Å². The van der Waals surface area contributed by atoms with Crippen LogP contribution in [0.5, 0.6) is 0 Å². The fourth-order valence-electron chi connectivity index (χ4n) is 12.7. The number of ether oxygens (including phenoxy) is 8. The molecule has 3 N–H and O–H groups in total. The van der Waals surface area contributed by atoms with Gasteiger partial charge in [0, 0.05) is 27.7 Å².